The van der Waals surface area contributed by atoms with Crippen LogP contribution in [-0.4, -0.2) is 45.8 Å². The van der Waals surface area contributed by atoms with Gasteiger partial charge in [0.15, 0.2) is 0 Å². The van der Waals surface area contributed by atoms with Gasteiger partial charge in [-0.3, -0.25) is 19.0 Å². The Morgan fingerprint density at radius 3 is 2.22 bits per heavy atom. The number of carbonyl (C=O) groups is 3. The molecule has 1 atom stereocenters. The summed E-state index contributed by atoms with van der Waals surface area (Å²) in [4.78, 5) is 45.0. The molecule has 218 valence electrons. The maximum absolute atomic E-state index is 14.0. The third-order valence-corrected chi connectivity index (χ3v) is 6.39. The summed E-state index contributed by atoms with van der Waals surface area (Å²) < 4.78 is 48.4. The molecule has 0 spiro atoms. The Balaban J connectivity index is 1.72. The van der Waals surface area contributed by atoms with Crippen molar-refractivity contribution < 1.29 is 37.0 Å². The minimum atomic E-state index is -4.86. The highest BCUT2D eigenvalue weighted by atomic mass is 35.5. The summed E-state index contributed by atoms with van der Waals surface area (Å²) in [6.07, 6.45) is -3.65. The molecule has 1 aliphatic heterocycles. The molecule has 2 aromatic carbocycles. The third kappa shape index (κ3) is 6.76. The van der Waals surface area contributed by atoms with Crippen LogP contribution in [0.25, 0.3) is 0 Å². The van der Waals surface area contributed by atoms with Gasteiger partial charge in [-0.05, 0) is 63.6 Å². The number of nitrogens with zero attached hydrogens (tertiary/aromatic N) is 3. The van der Waals surface area contributed by atoms with E-state index in [0.717, 1.165) is 12.1 Å². The monoisotopic (exact) mass is 612 g/mol. The minimum Gasteiger partial charge on any atom is -0.459 e. The normalized spacial score (nSPS) is 16.9. The first-order valence-corrected chi connectivity index (χ1v) is 13.0. The van der Waals surface area contributed by atoms with E-state index in [4.69, 9.17) is 27.9 Å². The second kappa shape index (κ2) is 10.9. The molecule has 1 N–H and O–H groups in total. The molecular weight excluding hydrogens is 588 g/mol. The van der Waals surface area contributed by atoms with Crippen molar-refractivity contribution in [2.75, 3.05) is 11.4 Å². The second-order valence-corrected chi connectivity index (χ2v) is 11.3. The molecule has 0 bridgehead atoms. The van der Waals surface area contributed by atoms with Crippen molar-refractivity contribution in [1.82, 2.24) is 14.9 Å². The highest BCUT2D eigenvalue weighted by Crippen LogP contribution is 2.43. The van der Waals surface area contributed by atoms with Crippen LogP contribution in [-0.2, 0) is 26.3 Å². The predicted molar refractivity (Wildman–Crippen MR) is 144 cm³/mol. The first kappa shape index (κ1) is 30.2. The van der Waals surface area contributed by atoms with E-state index in [1.165, 1.54) is 46.0 Å². The summed E-state index contributed by atoms with van der Waals surface area (Å²) in [5.41, 5.74) is -1.51. The van der Waals surface area contributed by atoms with Crippen LogP contribution in [0, 0.1) is 0 Å². The largest absolute Gasteiger partial charge is 0.573 e. The van der Waals surface area contributed by atoms with E-state index in [9.17, 15) is 27.6 Å². The van der Waals surface area contributed by atoms with Gasteiger partial charge in [0.2, 0.25) is 5.95 Å². The molecule has 2 amide bonds. The number of hydrogen-bond donors (Lipinski definition) is 1. The molecule has 0 radical (unpaired) electrons. The van der Waals surface area contributed by atoms with Crippen LogP contribution >= 0.6 is 23.2 Å². The zero-order valence-electron chi connectivity index (χ0n) is 22.3. The number of rotatable bonds is 7. The van der Waals surface area contributed by atoms with Gasteiger partial charge in [-0.25, -0.2) is 9.88 Å². The Kier molecular flexibility index (Phi) is 8.03. The number of fused-ring (bicyclic) bond motifs is 1. The molecule has 14 heteroatoms. The Bertz CT molecular complexity index is 1480. The SMILES string of the molecule is CC(C)(C)OC(=O)CNC(=O)c1cnc2n1[C@](C)(Cc1ccc(OC(F)(F)F)cc1)C(=O)N2c1cc(Cl)cc(Cl)c1. The molecular formula is C27H25Cl2F3N4O5. The average Bonchev–Trinajstić information content (AvgIpc) is 3.34. The highest BCUT2D eigenvalue weighted by molar-refractivity contribution is 6.35. The Labute approximate surface area is 243 Å². The summed E-state index contributed by atoms with van der Waals surface area (Å²) in [7, 11) is 0. The van der Waals surface area contributed by atoms with Crippen LogP contribution in [0.15, 0.2) is 48.7 Å². The van der Waals surface area contributed by atoms with Crippen LogP contribution in [0.5, 0.6) is 5.75 Å². The van der Waals surface area contributed by atoms with E-state index >= 15 is 0 Å². The van der Waals surface area contributed by atoms with Crippen molar-refractivity contribution in [3.63, 3.8) is 0 Å². The van der Waals surface area contributed by atoms with E-state index in [1.54, 1.807) is 27.7 Å². The number of benzene rings is 2. The number of carbonyl (C=O) groups excluding carboxylic acids is 3. The summed E-state index contributed by atoms with van der Waals surface area (Å²) in [6, 6.07) is 9.52. The molecule has 0 saturated carbocycles. The molecule has 2 heterocycles. The lowest BCUT2D eigenvalue weighted by atomic mass is 9.91. The maximum atomic E-state index is 14.0. The third-order valence-electron chi connectivity index (χ3n) is 5.96. The highest BCUT2D eigenvalue weighted by Gasteiger charge is 2.51. The molecule has 4 rings (SSSR count). The topological polar surface area (TPSA) is 103 Å². The quantitative estimate of drug-likeness (QED) is 0.338. The van der Waals surface area contributed by atoms with Crippen molar-refractivity contribution in [3.05, 3.63) is 70.0 Å². The molecule has 3 aromatic rings. The summed E-state index contributed by atoms with van der Waals surface area (Å²) in [5.74, 6) is -2.22. The number of imidazole rings is 1. The predicted octanol–water partition coefficient (Wildman–Crippen LogP) is 5.80. The fraction of sp³-hybridized carbons (Fsp3) is 0.333. The number of halogens is 5. The van der Waals surface area contributed by atoms with Gasteiger partial charge in [0.1, 0.15) is 29.1 Å². The van der Waals surface area contributed by atoms with E-state index in [1.807, 2.05) is 0 Å². The number of ether oxygens (including phenoxy) is 2. The van der Waals surface area contributed by atoms with Crippen LogP contribution in [0.3, 0.4) is 0 Å². The maximum Gasteiger partial charge on any atom is 0.573 e. The zero-order chi connectivity index (χ0) is 30.3. The van der Waals surface area contributed by atoms with Crippen molar-refractivity contribution in [3.8, 4) is 5.75 Å². The first-order chi connectivity index (χ1) is 19.0. The lowest BCUT2D eigenvalue weighted by molar-refractivity contribution is -0.274. The standard InChI is InChI=1S/C27H25Cl2F3N4O5/c1-25(2,3)41-21(37)14-33-22(38)20-13-34-24-35(18-10-16(28)9-17(29)11-18)23(39)26(4,36(20)24)12-15-5-7-19(8-6-15)40-27(30,31)32/h5-11,13H,12,14H2,1-4H3,(H,33,38)/t26-/m1/s1. The number of hydrogen-bond acceptors (Lipinski definition) is 6. The van der Waals surface area contributed by atoms with Gasteiger partial charge >= 0.3 is 12.3 Å². The van der Waals surface area contributed by atoms with Crippen molar-refractivity contribution in [1.29, 1.82) is 0 Å². The smallest absolute Gasteiger partial charge is 0.459 e. The van der Waals surface area contributed by atoms with Crippen LogP contribution in [0.1, 0.15) is 43.7 Å². The van der Waals surface area contributed by atoms with E-state index in [0.29, 0.717) is 5.56 Å². The lowest BCUT2D eigenvalue weighted by Crippen LogP contribution is -2.43. The molecule has 0 unspecified atom stereocenters. The summed E-state index contributed by atoms with van der Waals surface area (Å²) in [5, 5.41) is 2.99. The molecule has 1 aliphatic rings. The minimum absolute atomic E-state index is 0.0351. The van der Waals surface area contributed by atoms with Gasteiger partial charge < -0.3 is 14.8 Å². The Hall–Kier alpha value is -3.77. The van der Waals surface area contributed by atoms with Gasteiger partial charge in [0, 0.05) is 16.5 Å². The van der Waals surface area contributed by atoms with E-state index in [2.05, 4.69) is 15.0 Å². The molecule has 9 nitrogen and oxygen atoms in total. The van der Waals surface area contributed by atoms with Crippen molar-refractivity contribution in [2.24, 2.45) is 0 Å². The first-order valence-electron chi connectivity index (χ1n) is 12.2. The number of esters is 1. The molecule has 41 heavy (non-hydrogen) atoms. The average molecular weight is 613 g/mol. The number of aromatic nitrogens is 2. The number of nitrogens with one attached hydrogen (secondary N) is 1. The van der Waals surface area contributed by atoms with Gasteiger partial charge in [-0.15, -0.1) is 13.2 Å². The Morgan fingerprint density at radius 1 is 1.05 bits per heavy atom. The summed E-state index contributed by atoms with van der Waals surface area (Å²) >= 11 is 12.4. The number of alkyl halides is 3. The van der Waals surface area contributed by atoms with Crippen LogP contribution < -0.4 is 15.0 Å². The fourth-order valence-electron chi connectivity index (χ4n) is 4.46. The molecule has 0 aliphatic carbocycles. The molecule has 0 fully saturated rings. The van der Waals surface area contributed by atoms with E-state index < -0.39 is 47.6 Å². The van der Waals surface area contributed by atoms with Gasteiger partial charge in [0.25, 0.3) is 11.8 Å². The summed E-state index contributed by atoms with van der Waals surface area (Å²) in [6.45, 7) is 6.19. The van der Waals surface area contributed by atoms with Gasteiger partial charge in [-0.2, -0.15) is 0 Å². The second-order valence-electron chi connectivity index (χ2n) is 10.5. The Morgan fingerprint density at radius 2 is 1.66 bits per heavy atom. The van der Waals surface area contributed by atoms with Gasteiger partial charge in [-0.1, -0.05) is 35.3 Å². The van der Waals surface area contributed by atoms with Crippen LogP contribution in [0.4, 0.5) is 24.8 Å². The number of anilines is 2. The van der Waals surface area contributed by atoms with Crippen molar-refractivity contribution in [2.45, 2.75) is 51.6 Å². The molecule has 0 saturated heterocycles. The van der Waals surface area contributed by atoms with Gasteiger partial charge in [0.05, 0.1) is 11.9 Å². The lowest BCUT2D eigenvalue weighted by Gasteiger charge is -2.26. The van der Waals surface area contributed by atoms with E-state index in [-0.39, 0.29) is 33.8 Å². The van der Waals surface area contributed by atoms with Crippen molar-refractivity contribution >= 4 is 52.6 Å². The molecule has 1 aromatic heterocycles. The zero-order valence-corrected chi connectivity index (χ0v) is 23.8. The number of amides is 2. The fourth-order valence-corrected chi connectivity index (χ4v) is 4.97. The van der Waals surface area contributed by atoms with Crippen LogP contribution in [0.2, 0.25) is 10.0 Å².